The minimum Gasteiger partial charge on any atom is -0.444 e. The maximum absolute atomic E-state index is 11.4. The van der Waals surface area contributed by atoms with Gasteiger partial charge in [0.15, 0.2) is 0 Å². The van der Waals surface area contributed by atoms with Gasteiger partial charge < -0.3 is 14.8 Å². The van der Waals surface area contributed by atoms with Crippen LogP contribution in [0, 0.1) is 0 Å². The van der Waals surface area contributed by atoms with E-state index < -0.39 is 11.7 Å². The molecule has 1 N–H and O–H groups in total. The fraction of sp³-hybridized carbons (Fsp3) is 0.909. The summed E-state index contributed by atoms with van der Waals surface area (Å²) in [7, 11) is 0. The van der Waals surface area contributed by atoms with E-state index in [4.69, 9.17) is 21.1 Å². The van der Waals surface area contributed by atoms with Gasteiger partial charge in [-0.05, 0) is 33.6 Å². The largest absolute Gasteiger partial charge is 0.444 e. The van der Waals surface area contributed by atoms with Crippen molar-refractivity contribution in [3.05, 3.63) is 0 Å². The third kappa shape index (κ3) is 5.03. The van der Waals surface area contributed by atoms with Crippen molar-refractivity contribution in [2.45, 2.75) is 44.1 Å². The predicted molar refractivity (Wildman–Crippen MR) is 62.9 cm³/mol. The third-order valence-electron chi connectivity index (χ3n) is 2.34. The second-order valence-electron chi connectivity index (χ2n) is 5.12. The summed E-state index contributed by atoms with van der Waals surface area (Å²) in [5.41, 5.74) is -0.473. The lowest BCUT2D eigenvalue weighted by atomic mass is 9.99. The zero-order chi connectivity index (χ0) is 12.2. The van der Waals surface area contributed by atoms with Crippen LogP contribution in [0.4, 0.5) is 4.79 Å². The van der Waals surface area contributed by atoms with Crippen LogP contribution in [0.1, 0.15) is 33.6 Å². The molecule has 1 rings (SSSR count). The number of nitrogens with one attached hydrogen (secondary N) is 1. The summed E-state index contributed by atoms with van der Waals surface area (Å²) < 4.78 is 10.4. The Morgan fingerprint density at radius 1 is 1.44 bits per heavy atom. The van der Waals surface area contributed by atoms with Gasteiger partial charge >= 0.3 is 6.09 Å². The van der Waals surface area contributed by atoms with Gasteiger partial charge in [0.1, 0.15) is 5.60 Å². The molecule has 0 spiro atoms. The predicted octanol–water partition coefficient (Wildman–Crippen LogP) is 2.30. The van der Waals surface area contributed by atoms with E-state index in [9.17, 15) is 4.79 Å². The van der Waals surface area contributed by atoms with Crippen LogP contribution in [0.25, 0.3) is 0 Å². The Bertz CT molecular complexity index is 244. The molecule has 0 atom stereocenters. The Hall–Kier alpha value is -0.480. The molecular formula is C11H20ClNO3. The van der Waals surface area contributed by atoms with Crippen molar-refractivity contribution < 1.29 is 14.3 Å². The Morgan fingerprint density at radius 2 is 2.00 bits per heavy atom. The lowest BCUT2D eigenvalue weighted by Crippen LogP contribution is -2.44. The molecule has 4 nitrogen and oxygen atoms in total. The first kappa shape index (κ1) is 13.6. The van der Waals surface area contributed by atoms with Crippen LogP contribution in [0.3, 0.4) is 0 Å². The molecule has 0 bridgehead atoms. The Morgan fingerprint density at radius 3 is 2.50 bits per heavy atom. The van der Waals surface area contributed by atoms with E-state index in [-0.39, 0.29) is 4.87 Å². The van der Waals surface area contributed by atoms with Gasteiger partial charge in [-0.25, -0.2) is 4.79 Å². The van der Waals surface area contributed by atoms with Crippen LogP contribution in [0.5, 0.6) is 0 Å². The molecule has 16 heavy (non-hydrogen) atoms. The highest BCUT2D eigenvalue weighted by molar-refractivity contribution is 6.24. The first-order valence-electron chi connectivity index (χ1n) is 5.54. The van der Waals surface area contributed by atoms with Gasteiger partial charge in [0.2, 0.25) is 0 Å². The fourth-order valence-electron chi connectivity index (χ4n) is 1.46. The van der Waals surface area contributed by atoms with Crippen molar-refractivity contribution in [2.75, 3.05) is 19.8 Å². The molecule has 0 aromatic rings. The summed E-state index contributed by atoms with van der Waals surface area (Å²) in [6, 6.07) is 0. The number of rotatable bonds is 2. The molecule has 1 amide bonds. The SMILES string of the molecule is CC(C)(C)OC(=O)NCC1(Cl)CCOCC1. The van der Waals surface area contributed by atoms with E-state index in [1.54, 1.807) is 0 Å². The summed E-state index contributed by atoms with van der Waals surface area (Å²) in [6.07, 6.45) is 1.09. The molecular weight excluding hydrogens is 230 g/mol. The monoisotopic (exact) mass is 249 g/mol. The minimum absolute atomic E-state index is 0.380. The van der Waals surface area contributed by atoms with Crippen LogP contribution in [-0.4, -0.2) is 36.3 Å². The molecule has 0 aromatic heterocycles. The average molecular weight is 250 g/mol. The molecule has 0 aliphatic carbocycles. The normalized spacial score (nSPS) is 20.2. The fourth-order valence-corrected chi connectivity index (χ4v) is 1.68. The van der Waals surface area contributed by atoms with E-state index in [0.29, 0.717) is 19.8 Å². The minimum atomic E-state index is -0.473. The number of halogens is 1. The molecule has 1 aliphatic heterocycles. The van der Waals surface area contributed by atoms with Gasteiger partial charge in [-0.3, -0.25) is 0 Å². The van der Waals surface area contributed by atoms with Crippen LogP contribution in [0.15, 0.2) is 0 Å². The maximum Gasteiger partial charge on any atom is 0.407 e. The summed E-state index contributed by atoms with van der Waals surface area (Å²) in [5.74, 6) is 0. The summed E-state index contributed by atoms with van der Waals surface area (Å²) in [4.78, 5) is 11.0. The van der Waals surface area contributed by atoms with Crippen LogP contribution < -0.4 is 5.32 Å². The number of hydrogen-bond acceptors (Lipinski definition) is 3. The van der Waals surface area contributed by atoms with Crippen molar-refractivity contribution >= 4 is 17.7 Å². The van der Waals surface area contributed by atoms with Gasteiger partial charge in [0.25, 0.3) is 0 Å². The Labute approximate surface area is 102 Å². The first-order chi connectivity index (χ1) is 7.31. The number of alkyl carbamates (subject to hydrolysis) is 1. The molecule has 1 fully saturated rings. The van der Waals surface area contributed by atoms with Gasteiger partial charge in [-0.15, -0.1) is 11.6 Å². The standard InChI is InChI=1S/C11H20ClNO3/c1-10(2,3)16-9(14)13-8-11(12)4-6-15-7-5-11/h4-8H2,1-3H3,(H,13,14). The number of alkyl halides is 1. The van der Waals surface area contributed by atoms with E-state index in [0.717, 1.165) is 12.8 Å². The van der Waals surface area contributed by atoms with Crippen molar-refractivity contribution in [2.24, 2.45) is 0 Å². The molecule has 1 heterocycles. The summed E-state index contributed by atoms with van der Waals surface area (Å²) in [5, 5.41) is 2.70. The summed E-state index contributed by atoms with van der Waals surface area (Å²) >= 11 is 6.34. The smallest absolute Gasteiger partial charge is 0.407 e. The number of carbonyl (C=O) groups is 1. The summed E-state index contributed by atoms with van der Waals surface area (Å²) in [6.45, 7) is 7.22. The van der Waals surface area contributed by atoms with E-state index in [1.807, 2.05) is 20.8 Å². The molecule has 0 saturated carbocycles. The van der Waals surface area contributed by atoms with E-state index in [1.165, 1.54) is 0 Å². The van der Waals surface area contributed by atoms with Crippen molar-refractivity contribution in [1.82, 2.24) is 5.32 Å². The molecule has 0 unspecified atom stereocenters. The van der Waals surface area contributed by atoms with Gasteiger partial charge in [-0.1, -0.05) is 0 Å². The average Bonchev–Trinajstić information content (AvgIpc) is 2.14. The van der Waals surface area contributed by atoms with Gasteiger partial charge in [0.05, 0.1) is 4.87 Å². The second-order valence-corrected chi connectivity index (χ2v) is 5.92. The third-order valence-corrected chi connectivity index (χ3v) is 2.85. The van der Waals surface area contributed by atoms with Crippen molar-refractivity contribution in [1.29, 1.82) is 0 Å². The highest BCUT2D eigenvalue weighted by Gasteiger charge is 2.31. The van der Waals surface area contributed by atoms with Gasteiger partial charge in [0, 0.05) is 19.8 Å². The van der Waals surface area contributed by atoms with Crippen LogP contribution in [-0.2, 0) is 9.47 Å². The quantitative estimate of drug-likeness (QED) is 0.764. The highest BCUT2D eigenvalue weighted by Crippen LogP contribution is 2.27. The molecule has 1 aliphatic rings. The van der Waals surface area contributed by atoms with Crippen LogP contribution >= 0.6 is 11.6 Å². The molecule has 94 valence electrons. The number of hydrogen-bond donors (Lipinski definition) is 1. The van der Waals surface area contributed by atoms with Gasteiger partial charge in [-0.2, -0.15) is 0 Å². The van der Waals surface area contributed by atoms with Crippen molar-refractivity contribution in [3.8, 4) is 0 Å². The second kappa shape index (κ2) is 5.23. The Balaban J connectivity index is 2.30. The zero-order valence-electron chi connectivity index (χ0n) is 10.1. The van der Waals surface area contributed by atoms with Crippen LogP contribution in [0.2, 0.25) is 0 Å². The topological polar surface area (TPSA) is 47.6 Å². The molecule has 0 aromatic carbocycles. The van der Waals surface area contributed by atoms with E-state index >= 15 is 0 Å². The van der Waals surface area contributed by atoms with E-state index in [2.05, 4.69) is 5.32 Å². The molecule has 1 saturated heterocycles. The zero-order valence-corrected chi connectivity index (χ0v) is 10.9. The number of amides is 1. The van der Waals surface area contributed by atoms with Crippen molar-refractivity contribution in [3.63, 3.8) is 0 Å². The first-order valence-corrected chi connectivity index (χ1v) is 5.92. The molecule has 5 heteroatoms. The maximum atomic E-state index is 11.4. The highest BCUT2D eigenvalue weighted by atomic mass is 35.5. The lowest BCUT2D eigenvalue weighted by Gasteiger charge is -2.31. The molecule has 0 radical (unpaired) electrons. The lowest BCUT2D eigenvalue weighted by molar-refractivity contribution is 0.0476. The Kier molecular flexibility index (Phi) is 4.44. The number of carbonyl (C=O) groups excluding carboxylic acids is 1. The number of ether oxygens (including phenoxy) is 2.